The quantitative estimate of drug-likeness (QED) is 0.671. The van der Waals surface area contributed by atoms with E-state index < -0.39 is 9.84 Å². The van der Waals surface area contributed by atoms with Crippen molar-refractivity contribution in [1.29, 1.82) is 0 Å². The van der Waals surface area contributed by atoms with E-state index in [0.29, 0.717) is 35.5 Å². The Hall–Kier alpha value is -1.22. The normalized spacial score (nSPS) is 19.5. The zero-order valence-electron chi connectivity index (χ0n) is 14.8. The van der Waals surface area contributed by atoms with Crippen LogP contribution in [0.5, 0.6) is 0 Å². The van der Waals surface area contributed by atoms with Crippen LogP contribution in [0.2, 0.25) is 5.02 Å². The molecule has 26 heavy (non-hydrogen) atoms. The van der Waals surface area contributed by atoms with E-state index in [0.717, 1.165) is 6.54 Å². The van der Waals surface area contributed by atoms with Crippen molar-refractivity contribution in [3.8, 4) is 11.5 Å². The van der Waals surface area contributed by atoms with Crippen molar-refractivity contribution < 1.29 is 12.8 Å². The number of hydrogen-bond donors (Lipinski definition) is 0. The Kier molecular flexibility index (Phi) is 5.86. The third-order valence-electron chi connectivity index (χ3n) is 4.35. The highest BCUT2D eigenvalue weighted by molar-refractivity contribution is 7.91. The third-order valence-corrected chi connectivity index (χ3v) is 6.72. The van der Waals surface area contributed by atoms with Crippen LogP contribution in [0.1, 0.15) is 20.3 Å². The van der Waals surface area contributed by atoms with E-state index in [-0.39, 0.29) is 22.4 Å². The van der Waals surface area contributed by atoms with Crippen LogP contribution in [0.15, 0.2) is 28.7 Å². The molecule has 1 saturated heterocycles. The molecule has 3 rings (SSSR count). The fourth-order valence-electron chi connectivity index (χ4n) is 3.17. The summed E-state index contributed by atoms with van der Waals surface area (Å²) in [4.78, 5) is 2.37. The molecule has 9 heteroatoms. The van der Waals surface area contributed by atoms with Crippen LogP contribution in [0.3, 0.4) is 0 Å². The fourth-order valence-corrected chi connectivity index (χ4v) is 5.32. The van der Waals surface area contributed by atoms with Gasteiger partial charge in [0.15, 0.2) is 9.84 Å². The molecule has 0 spiro atoms. The number of rotatable bonds is 6. The summed E-state index contributed by atoms with van der Waals surface area (Å²) in [6, 6.07) is 7.26. The molecule has 2 aromatic rings. The minimum Gasteiger partial charge on any atom is -0.409 e. The van der Waals surface area contributed by atoms with Gasteiger partial charge in [-0.2, -0.15) is 0 Å². The highest BCUT2D eigenvalue weighted by Gasteiger charge is 2.33. The van der Waals surface area contributed by atoms with Crippen LogP contribution >= 0.6 is 23.8 Å². The van der Waals surface area contributed by atoms with E-state index in [1.165, 1.54) is 0 Å². The topological polar surface area (TPSA) is 68.3 Å². The molecule has 0 bridgehead atoms. The zero-order valence-corrected chi connectivity index (χ0v) is 17.1. The highest BCUT2D eigenvalue weighted by Crippen LogP contribution is 2.27. The first kappa shape index (κ1) is 19.5. The first-order chi connectivity index (χ1) is 12.2. The molecule has 1 fully saturated rings. The van der Waals surface area contributed by atoms with Gasteiger partial charge in [-0.15, -0.1) is 5.10 Å². The zero-order chi connectivity index (χ0) is 18.9. The van der Waals surface area contributed by atoms with Crippen LogP contribution in [-0.4, -0.2) is 47.2 Å². The molecule has 1 atom stereocenters. The van der Waals surface area contributed by atoms with Crippen molar-refractivity contribution in [2.24, 2.45) is 5.92 Å². The van der Waals surface area contributed by atoms with E-state index in [4.69, 9.17) is 28.2 Å². The van der Waals surface area contributed by atoms with Crippen LogP contribution < -0.4 is 0 Å². The van der Waals surface area contributed by atoms with Crippen molar-refractivity contribution in [2.45, 2.75) is 33.0 Å². The van der Waals surface area contributed by atoms with Crippen LogP contribution in [-0.2, 0) is 16.5 Å². The van der Waals surface area contributed by atoms with Gasteiger partial charge in [0.1, 0.15) is 0 Å². The Morgan fingerprint density at radius 3 is 2.77 bits per heavy atom. The summed E-state index contributed by atoms with van der Waals surface area (Å²) >= 11 is 11.5. The molecular formula is C17H22ClN3O3S2. The van der Waals surface area contributed by atoms with Gasteiger partial charge >= 0.3 is 0 Å². The second kappa shape index (κ2) is 7.80. The maximum absolute atomic E-state index is 11.9. The first-order valence-electron chi connectivity index (χ1n) is 8.52. The van der Waals surface area contributed by atoms with Crippen LogP contribution in [0.25, 0.3) is 11.5 Å². The van der Waals surface area contributed by atoms with Crippen molar-refractivity contribution >= 4 is 33.7 Å². The van der Waals surface area contributed by atoms with Gasteiger partial charge in [0.2, 0.25) is 5.89 Å². The second-order valence-electron chi connectivity index (χ2n) is 7.02. The summed E-state index contributed by atoms with van der Waals surface area (Å²) in [5.41, 5.74) is 0.679. The summed E-state index contributed by atoms with van der Waals surface area (Å²) in [6.45, 7) is 5.36. The Balaban J connectivity index is 1.85. The molecule has 1 unspecified atom stereocenters. The molecule has 1 aromatic carbocycles. The Bertz CT molecular complexity index is 937. The molecule has 1 aliphatic heterocycles. The minimum absolute atomic E-state index is 0.0234. The monoisotopic (exact) mass is 415 g/mol. The molecule has 1 aliphatic rings. The predicted molar refractivity (Wildman–Crippen MR) is 104 cm³/mol. The average molecular weight is 416 g/mol. The predicted octanol–water partition coefficient (Wildman–Crippen LogP) is 3.63. The lowest BCUT2D eigenvalue weighted by Gasteiger charge is -2.29. The Morgan fingerprint density at radius 2 is 2.15 bits per heavy atom. The number of sulfone groups is 1. The molecule has 142 valence electrons. The smallest absolute Gasteiger partial charge is 0.288 e. The van der Waals surface area contributed by atoms with Crippen molar-refractivity contribution in [1.82, 2.24) is 14.7 Å². The summed E-state index contributed by atoms with van der Waals surface area (Å²) in [6.07, 6.45) is 0.637. The fraction of sp³-hybridized carbons (Fsp3) is 0.529. The van der Waals surface area contributed by atoms with E-state index >= 15 is 0 Å². The molecule has 6 nitrogen and oxygen atoms in total. The van der Waals surface area contributed by atoms with E-state index in [1.54, 1.807) is 10.7 Å². The Labute approximate surface area is 163 Å². The van der Waals surface area contributed by atoms with Gasteiger partial charge in [0.25, 0.3) is 4.84 Å². The van der Waals surface area contributed by atoms with Crippen molar-refractivity contribution in [3.63, 3.8) is 0 Å². The third kappa shape index (κ3) is 4.54. The lowest BCUT2D eigenvalue weighted by Crippen LogP contribution is -2.40. The van der Waals surface area contributed by atoms with E-state index in [9.17, 15) is 8.42 Å². The van der Waals surface area contributed by atoms with Gasteiger partial charge in [-0.1, -0.05) is 37.6 Å². The largest absolute Gasteiger partial charge is 0.409 e. The summed E-state index contributed by atoms with van der Waals surface area (Å²) in [5, 5.41) is 5.00. The Morgan fingerprint density at radius 1 is 1.42 bits per heavy atom. The maximum Gasteiger partial charge on any atom is 0.288 e. The average Bonchev–Trinajstić information content (AvgIpc) is 3.09. The lowest BCUT2D eigenvalue weighted by atomic mass is 10.1. The number of halogens is 1. The maximum atomic E-state index is 11.9. The summed E-state index contributed by atoms with van der Waals surface area (Å²) in [5.74, 6) is 1.18. The lowest BCUT2D eigenvalue weighted by molar-refractivity contribution is 0.136. The van der Waals surface area contributed by atoms with Crippen molar-refractivity contribution in [2.75, 3.05) is 18.1 Å². The molecule has 0 N–H and O–H groups in total. The molecule has 0 radical (unpaired) electrons. The molecule has 0 saturated carbocycles. The molecule has 2 heterocycles. The van der Waals surface area contributed by atoms with Crippen molar-refractivity contribution in [3.05, 3.63) is 34.1 Å². The van der Waals surface area contributed by atoms with E-state index in [2.05, 4.69) is 23.8 Å². The number of hydrogen-bond acceptors (Lipinski definition) is 6. The summed E-state index contributed by atoms with van der Waals surface area (Å²) < 4.78 is 31.0. The molecular weight excluding hydrogens is 394 g/mol. The number of aromatic nitrogens is 2. The first-order valence-corrected chi connectivity index (χ1v) is 11.1. The minimum atomic E-state index is -2.96. The van der Waals surface area contributed by atoms with Gasteiger partial charge in [0.05, 0.1) is 28.8 Å². The SMILES string of the molecule is CC(C)CN(Cn1nc(-c2ccccc2Cl)oc1=S)C1CCS(=O)(=O)C1. The summed E-state index contributed by atoms with van der Waals surface area (Å²) in [7, 11) is -2.96. The van der Waals surface area contributed by atoms with Gasteiger partial charge in [-0.3, -0.25) is 4.90 Å². The van der Waals surface area contributed by atoms with Gasteiger partial charge in [-0.05, 0) is 36.7 Å². The number of nitrogens with zero attached hydrogens (tertiary/aromatic N) is 3. The van der Waals surface area contributed by atoms with E-state index in [1.807, 2.05) is 18.2 Å². The molecule has 1 aromatic heterocycles. The molecule has 0 aliphatic carbocycles. The van der Waals surface area contributed by atoms with Gasteiger partial charge in [-0.25, -0.2) is 13.1 Å². The van der Waals surface area contributed by atoms with Gasteiger partial charge in [0, 0.05) is 12.6 Å². The van der Waals surface area contributed by atoms with Crippen LogP contribution in [0, 0.1) is 10.8 Å². The second-order valence-corrected chi connectivity index (χ2v) is 10.0. The number of benzene rings is 1. The van der Waals surface area contributed by atoms with Crippen LogP contribution in [0.4, 0.5) is 0 Å². The highest BCUT2D eigenvalue weighted by atomic mass is 35.5. The van der Waals surface area contributed by atoms with Gasteiger partial charge < -0.3 is 4.42 Å². The molecule has 0 amide bonds. The standard InChI is InChI=1S/C17H22ClN3O3S2/c1-12(2)9-20(13-7-8-26(22,23)10-13)11-21-17(25)24-16(19-21)14-5-3-4-6-15(14)18/h3-6,12-13H,7-11H2,1-2H3.